The number of nitrogens with zero attached hydrogens (tertiary/aromatic N) is 3. The summed E-state index contributed by atoms with van der Waals surface area (Å²) in [5.41, 5.74) is 1.51. The zero-order valence-corrected chi connectivity index (χ0v) is 13.3. The summed E-state index contributed by atoms with van der Waals surface area (Å²) in [4.78, 5) is 14.5. The van der Waals surface area contributed by atoms with Crippen molar-refractivity contribution in [3.8, 4) is 5.69 Å². The second-order valence-corrected chi connectivity index (χ2v) is 5.73. The van der Waals surface area contributed by atoms with E-state index in [1.165, 1.54) is 16.9 Å². The lowest BCUT2D eigenvalue weighted by Gasteiger charge is -2.31. The van der Waals surface area contributed by atoms with E-state index < -0.39 is 0 Å². The van der Waals surface area contributed by atoms with Crippen LogP contribution in [-0.4, -0.2) is 46.9 Å². The molecule has 5 nitrogen and oxygen atoms in total. The number of halogens is 1. The maximum atomic E-state index is 13.9. The minimum absolute atomic E-state index is 0.0559. The molecule has 23 heavy (non-hydrogen) atoms. The average Bonchev–Trinajstić information content (AvgIpc) is 2.96. The zero-order chi connectivity index (χ0) is 16.4. The summed E-state index contributed by atoms with van der Waals surface area (Å²) in [7, 11) is 1.70. The van der Waals surface area contributed by atoms with E-state index in [2.05, 4.69) is 5.10 Å². The topological polar surface area (TPSA) is 47.4 Å². The Hall–Kier alpha value is -2.21. The number of para-hydroxylation sites is 1. The normalized spacial score (nSPS) is 15.9. The number of carbonyl (C=O) groups excluding carboxylic acids is 1. The van der Waals surface area contributed by atoms with Crippen LogP contribution < -0.4 is 0 Å². The predicted octanol–water partition coefficient (Wildman–Crippen LogP) is 2.57. The van der Waals surface area contributed by atoms with Crippen LogP contribution in [0.25, 0.3) is 5.69 Å². The zero-order valence-electron chi connectivity index (χ0n) is 13.3. The molecule has 0 saturated carbocycles. The molecule has 0 bridgehead atoms. The van der Waals surface area contributed by atoms with Gasteiger partial charge in [0.15, 0.2) is 0 Å². The number of piperidine rings is 1. The third kappa shape index (κ3) is 2.99. The van der Waals surface area contributed by atoms with E-state index in [1.54, 1.807) is 32.2 Å². The number of ether oxygens (including phenoxy) is 1. The van der Waals surface area contributed by atoms with E-state index in [-0.39, 0.29) is 17.8 Å². The number of likely N-dealkylation sites (tertiary alicyclic amines) is 1. The molecule has 0 radical (unpaired) electrons. The first-order valence-corrected chi connectivity index (χ1v) is 7.73. The third-order valence-corrected chi connectivity index (χ3v) is 4.38. The maximum Gasteiger partial charge on any atom is 0.257 e. The molecule has 6 heteroatoms. The van der Waals surface area contributed by atoms with Crippen LogP contribution in [0.15, 0.2) is 30.5 Å². The molecule has 0 atom stereocenters. The number of hydrogen-bond donors (Lipinski definition) is 0. The van der Waals surface area contributed by atoms with E-state index in [0.29, 0.717) is 30.0 Å². The number of rotatable bonds is 3. The first kappa shape index (κ1) is 15.7. The molecule has 122 valence electrons. The van der Waals surface area contributed by atoms with Crippen LogP contribution in [-0.2, 0) is 4.74 Å². The number of benzene rings is 1. The number of carbonyl (C=O) groups is 1. The Kier molecular flexibility index (Phi) is 4.43. The Balaban J connectivity index is 1.82. The van der Waals surface area contributed by atoms with Crippen molar-refractivity contribution in [3.05, 3.63) is 47.5 Å². The molecular formula is C17H20FN3O2. The number of hydrogen-bond acceptors (Lipinski definition) is 3. The van der Waals surface area contributed by atoms with Gasteiger partial charge >= 0.3 is 0 Å². The maximum absolute atomic E-state index is 13.9. The highest BCUT2D eigenvalue weighted by Gasteiger charge is 2.26. The van der Waals surface area contributed by atoms with Gasteiger partial charge in [0.2, 0.25) is 0 Å². The van der Waals surface area contributed by atoms with Crippen molar-refractivity contribution in [1.82, 2.24) is 14.7 Å². The number of methoxy groups -OCH3 is 1. The second kappa shape index (κ2) is 6.50. The van der Waals surface area contributed by atoms with Crippen LogP contribution in [0, 0.1) is 12.7 Å². The van der Waals surface area contributed by atoms with E-state index in [4.69, 9.17) is 4.74 Å². The van der Waals surface area contributed by atoms with E-state index in [9.17, 15) is 9.18 Å². The van der Waals surface area contributed by atoms with Gasteiger partial charge in [0, 0.05) is 20.2 Å². The highest BCUT2D eigenvalue weighted by atomic mass is 19.1. The van der Waals surface area contributed by atoms with Crippen molar-refractivity contribution < 1.29 is 13.9 Å². The summed E-state index contributed by atoms with van der Waals surface area (Å²) in [5.74, 6) is -0.418. The molecule has 0 unspecified atom stereocenters. The summed E-state index contributed by atoms with van der Waals surface area (Å²) in [6, 6.07) is 6.40. The van der Waals surface area contributed by atoms with Crippen LogP contribution >= 0.6 is 0 Å². The molecule has 1 amide bonds. The van der Waals surface area contributed by atoms with Gasteiger partial charge in [0.05, 0.1) is 23.6 Å². The van der Waals surface area contributed by atoms with Gasteiger partial charge in [-0.3, -0.25) is 4.79 Å². The van der Waals surface area contributed by atoms with Gasteiger partial charge in [-0.15, -0.1) is 0 Å². The minimum atomic E-state index is -0.362. The number of aromatic nitrogens is 2. The third-order valence-electron chi connectivity index (χ3n) is 4.38. The SMILES string of the molecule is COC1CCN(C(=O)c2cnn(-c3ccccc3F)c2C)CC1. The molecule has 0 aliphatic carbocycles. The lowest BCUT2D eigenvalue weighted by Crippen LogP contribution is -2.40. The molecule has 1 aromatic heterocycles. The van der Waals surface area contributed by atoms with E-state index >= 15 is 0 Å². The van der Waals surface area contributed by atoms with Gasteiger partial charge in [-0.1, -0.05) is 12.1 Å². The van der Waals surface area contributed by atoms with E-state index in [0.717, 1.165) is 12.8 Å². The molecule has 1 saturated heterocycles. The van der Waals surface area contributed by atoms with Gasteiger partial charge in [-0.25, -0.2) is 9.07 Å². The molecule has 2 heterocycles. The Morgan fingerprint density at radius 3 is 2.65 bits per heavy atom. The molecule has 1 aliphatic rings. The van der Waals surface area contributed by atoms with Gasteiger partial charge in [0.25, 0.3) is 5.91 Å². The fourth-order valence-electron chi connectivity index (χ4n) is 2.95. The second-order valence-electron chi connectivity index (χ2n) is 5.73. The quantitative estimate of drug-likeness (QED) is 0.874. The summed E-state index contributed by atoms with van der Waals surface area (Å²) in [5, 5.41) is 4.20. The smallest absolute Gasteiger partial charge is 0.257 e. The molecule has 1 aliphatic heterocycles. The Morgan fingerprint density at radius 1 is 1.30 bits per heavy atom. The molecule has 0 N–H and O–H groups in total. The fraction of sp³-hybridized carbons (Fsp3) is 0.412. The van der Waals surface area contributed by atoms with Crippen molar-refractivity contribution in [1.29, 1.82) is 0 Å². The number of amides is 1. The lowest BCUT2D eigenvalue weighted by molar-refractivity contribution is 0.0350. The lowest BCUT2D eigenvalue weighted by atomic mass is 10.1. The van der Waals surface area contributed by atoms with Crippen molar-refractivity contribution >= 4 is 5.91 Å². The summed E-state index contributed by atoms with van der Waals surface area (Å²) >= 11 is 0. The molecule has 3 rings (SSSR count). The van der Waals surface area contributed by atoms with Gasteiger partial charge in [-0.05, 0) is 31.9 Å². The highest BCUT2D eigenvalue weighted by molar-refractivity contribution is 5.95. The Labute approximate surface area is 134 Å². The monoisotopic (exact) mass is 317 g/mol. The minimum Gasteiger partial charge on any atom is -0.381 e. The highest BCUT2D eigenvalue weighted by Crippen LogP contribution is 2.20. The molecule has 0 spiro atoms. The van der Waals surface area contributed by atoms with Gasteiger partial charge in [0.1, 0.15) is 11.5 Å². The standard InChI is InChI=1S/C17H20FN3O2/c1-12-14(17(22)20-9-7-13(23-2)8-10-20)11-19-21(12)16-6-4-3-5-15(16)18/h3-6,11,13H,7-10H2,1-2H3. The Morgan fingerprint density at radius 2 is 2.00 bits per heavy atom. The van der Waals surface area contributed by atoms with Crippen LogP contribution in [0.2, 0.25) is 0 Å². The van der Waals surface area contributed by atoms with Crippen molar-refractivity contribution in [3.63, 3.8) is 0 Å². The fourth-order valence-corrected chi connectivity index (χ4v) is 2.95. The largest absolute Gasteiger partial charge is 0.381 e. The van der Waals surface area contributed by atoms with Crippen LogP contribution in [0.1, 0.15) is 28.9 Å². The summed E-state index contributed by atoms with van der Waals surface area (Å²) < 4.78 is 20.7. The predicted molar refractivity (Wildman–Crippen MR) is 84.2 cm³/mol. The average molecular weight is 317 g/mol. The summed E-state index contributed by atoms with van der Waals surface area (Å²) in [6.45, 7) is 3.12. The molecule has 2 aromatic rings. The first-order valence-electron chi connectivity index (χ1n) is 7.73. The van der Waals surface area contributed by atoms with Gasteiger partial charge < -0.3 is 9.64 Å². The summed E-state index contributed by atoms with van der Waals surface area (Å²) in [6.07, 6.45) is 3.42. The van der Waals surface area contributed by atoms with Gasteiger partial charge in [-0.2, -0.15) is 5.10 Å². The molecule has 1 aromatic carbocycles. The van der Waals surface area contributed by atoms with Crippen molar-refractivity contribution in [2.75, 3.05) is 20.2 Å². The van der Waals surface area contributed by atoms with Crippen molar-refractivity contribution in [2.45, 2.75) is 25.9 Å². The molecular weight excluding hydrogens is 297 g/mol. The van der Waals surface area contributed by atoms with Crippen LogP contribution in [0.5, 0.6) is 0 Å². The van der Waals surface area contributed by atoms with Crippen LogP contribution in [0.4, 0.5) is 4.39 Å². The van der Waals surface area contributed by atoms with E-state index in [1.807, 2.05) is 4.90 Å². The first-order chi connectivity index (χ1) is 11.1. The Bertz CT molecular complexity index is 706. The van der Waals surface area contributed by atoms with Crippen molar-refractivity contribution in [2.24, 2.45) is 0 Å². The van der Waals surface area contributed by atoms with Crippen LogP contribution in [0.3, 0.4) is 0 Å². The molecule has 1 fully saturated rings.